The molecule has 79 valence electrons. The molecule has 15 heavy (non-hydrogen) atoms. The van der Waals surface area contributed by atoms with Gasteiger partial charge in [-0.15, -0.1) is 0 Å². The van der Waals surface area contributed by atoms with Gasteiger partial charge in [0.25, 0.3) is 0 Å². The van der Waals surface area contributed by atoms with Crippen molar-refractivity contribution in [2.45, 2.75) is 6.92 Å². The zero-order valence-corrected chi connectivity index (χ0v) is 8.17. The van der Waals surface area contributed by atoms with Crippen LogP contribution < -0.4 is 4.90 Å². The fourth-order valence-corrected chi connectivity index (χ4v) is 1.05. The Kier molecular flexibility index (Phi) is 3.68. The molecule has 1 rings (SSSR count). The third-order valence-corrected chi connectivity index (χ3v) is 1.65. The van der Waals surface area contributed by atoms with Crippen LogP contribution in [0, 0.1) is 0 Å². The molecule has 5 heteroatoms. The van der Waals surface area contributed by atoms with E-state index in [-0.39, 0.29) is 12.3 Å². The first kappa shape index (κ1) is 11.0. The van der Waals surface area contributed by atoms with Crippen LogP contribution in [0.3, 0.4) is 0 Å². The zero-order chi connectivity index (χ0) is 11.3. The van der Waals surface area contributed by atoms with Crippen molar-refractivity contribution in [3.05, 3.63) is 30.3 Å². The molecule has 1 aromatic rings. The number of hydrogen-bond acceptors (Lipinski definition) is 3. The minimum Gasteiger partial charge on any atom is -0.449 e. The molecule has 0 bridgehead atoms. The van der Waals surface area contributed by atoms with Gasteiger partial charge in [0.15, 0.2) is 0 Å². The Labute approximate surface area is 86.9 Å². The lowest BCUT2D eigenvalue weighted by molar-refractivity contribution is 0.147. The number of nitrogens with zero attached hydrogens (tertiary/aromatic N) is 1. The molecule has 2 amide bonds. The molecule has 0 aromatic heterocycles. The van der Waals surface area contributed by atoms with E-state index < -0.39 is 12.2 Å². The zero-order valence-electron chi connectivity index (χ0n) is 8.17. The van der Waals surface area contributed by atoms with Gasteiger partial charge in [-0.1, -0.05) is 18.2 Å². The Morgan fingerprint density at radius 3 is 2.33 bits per heavy atom. The number of imide groups is 1. The first-order chi connectivity index (χ1) is 7.16. The van der Waals surface area contributed by atoms with Gasteiger partial charge in [-0.25, -0.2) is 14.7 Å². The van der Waals surface area contributed by atoms with E-state index in [9.17, 15) is 14.7 Å². The van der Waals surface area contributed by atoms with Gasteiger partial charge >= 0.3 is 12.2 Å². The average molecular weight is 208 g/mol. The summed E-state index contributed by atoms with van der Waals surface area (Å²) in [5.41, 5.74) is 0.205. The summed E-state index contributed by atoms with van der Waals surface area (Å²) in [7, 11) is 0. The van der Waals surface area contributed by atoms with Gasteiger partial charge in [0.1, 0.15) is 0 Å². The molecule has 0 heterocycles. The lowest BCUT2D eigenvalue weighted by Gasteiger charge is -2.14. The standard InChI is InChI=1S/C10H10NO4/c1-2-15-10(14)11(9(12)13)8-6-4-3-5-7-8/h3-7H,2H2,1H3. The van der Waals surface area contributed by atoms with Gasteiger partial charge in [-0.2, -0.15) is 4.90 Å². The van der Waals surface area contributed by atoms with Crippen LogP contribution in [0.15, 0.2) is 30.3 Å². The van der Waals surface area contributed by atoms with Crippen LogP contribution in [0.2, 0.25) is 0 Å². The van der Waals surface area contributed by atoms with Crippen molar-refractivity contribution in [3.63, 3.8) is 0 Å². The van der Waals surface area contributed by atoms with E-state index in [0.29, 0.717) is 4.90 Å². The number of carbonyl (C=O) groups is 2. The summed E-state index contributed by atoms with van der Waals surface area (Å²) in [5.74, 6) is 0. The van der Waals surface area contributed by atoms with E-state index in [1.807, 2.05) is 0 Å². The van der Waals surface area contributed by atoms with Crippen molar-refractivity contribution in [2.24, 2.45) is 0 Å². The van der Waals surface area contributed by atoms with Crippen molar-refractivity contribution in [1.82, 2.24) is 0 Å². The van der Waals surface area contributed by atoms with Crippen molar-refractivity contribution in [1.29, 1.82) is 0 Å². The molecule has 1 radical (unpaired) electrons. The minimum absolute atomic E-state index is 0.107. The molecule has 0 atom stereocenters. The number of anilines is 1. The number of rotatable bonds is 2. The smallest absolute Gasteiger partial charge is 0.449 e. The summed E-state index contributed by atoms with van der Waals surface area (Å²) in [5, 5.41) is 10.7. The summed E-state index contributed by atoms with van der Waals surface area (Å²) < 4.78 is 4.59. The normalized spacial score (nSPS) is 9.40. The molecular weight excluding hydrogens is 198 g/mol. The van der Waals surface area contributed by atoms with Crippen LogP contribution in [-0.4, -0.2) is 18.8 Å². The second-order valence-corrected chi connectivity index (χ2v) is 2.64. The summed E-state index contributed by atoms with van der Waals surface area (Å²) >= 11 is 0. The molecular formula is C10H10NO4. The predicted octanol–water partition coefficient (Wildman–Crippen LogP) is 2.20. The van der Waals surface area contributed by atoms with E-state index >= 15 is 0 Å². The van der Waals surface area contributed by atoms with Crippen LogP contribution in [-0.2, 0) is 9.84 Å². The second kappa shape index (κ2) is 4.99. The van der Waals surface area contributed by atoms with E-state index in [1.165, 1.54) is 12.1 Å². The Morgan fingerprint density at radius 1 is 1.27 bits per heavy atom. The van der Waals surface area contributed by atoms with Crippen LogP contribution in [0.5, 0.6) is 0 Å². The Hall–Kier alpha value is -2.04. The third kappa shape index (κ3) is 2.70. The van der Waals surface area contributed by atoms with Crippen LogP contribution in [0.25, 0.3) is 0 Å². The highest BCUT2D eigenvalue weighted by atomic mass is 16.6. The summed E-state index contributed by atoms with van der Waals surface area (Å²) in [6.07, 6.45) is -2.57. The van der Waals surface area contributed by atoms with Gasteiger partial charge < -0.3 is 4.74 Å². The summed E-state index contributed by atoms with van der Waals surface area (Å²) in [4.78, 5) is 22.4. The van der Waals surface area contributed by atoms with Crippen LogP contribution in [0.1, 0.15) is 6.92 Å². The maximum Gasteiger partial charge on any atom is 0.467 e. The van der Waals surface area contributed by atoms with Crippen molar-refractivity contribution in [3.8, 4) is 0 Å². The van der Waals surface area contributed by atoms with E-state index in [4.69, 9.17) is 0 Å². The Morgan fingerprint density at radius 2 is 1.87 bits per heavy atom. The first-order valence-corrected chi connectivity index (χ1v) is 4.39. The summed E-state index contributed by atoms with van der Waals surface area (Å²) in [6.45, 7) is 1.70. The van der Waals surface area contributed by atoms with E-state index in [0.717, 1.165) is 0 Å². The van der Waals surface area contributed by atoms with Crippen molar-refractivity contribution >= 4 is 17.9 Å². The molecule has 0 fully saturated rings. The van der Waals surface area contributed by atoms with Gasteiger partial charge in [-0.05, 0) is 19.1 Å². The third-order valence-electron chi connectivity index (χ3n) is 1.65. The molecule has 0 saturated carbocycles. The first-order valence-electron chi connectivity index (χ1n) is 4.39. The number of carbonyl (C=O) groups excluding carboxylic acids is 2. The Bertz CT molecular complexity index is 350. The number of hydrogen-bond donors (Lipinski definition) is 0. The maximum absolute atomic E-state index is 11.3. The summed E-state index contributed by atoms with van der Waals surface area (Å²) in [6, 6.07) is 7.90. The predicted molar refractivity (Wildman–Crippen MR) is 52.0 cm³/mol. The number of amides is 2. The van der Waals surface area contributed by atoms with Crippen molar-refractivity contribution in [2.75, 3.05) is 11.5 Å². The topological polar surface area (TPSA) is 66.5 Å². The van der Waals surface area contributed by atoms with Crippen molar-refractivity contribution < 1.29 is 19.4 Å². The lowest BCUT2D eigenvalue weighted by atomic mass is 10.3. The number of benzene rings is 1. The molecule has 0 N–H and O–H groups in total. The monoisotopic (exact) mass is 208 g/mol. The van der Waals surface area contributed by atoms with Gasteiger partial charge in [0.2, 0.25) is 0 Å². The fraction of sp³-hybridized carbons (Fsp3) is 0.200. The highest BCUT2D eigenvalue weighted by molar-refractivity contribution is 6.08. The molecule has 0 aliphatic rings. The quantitative estimate of drug-likeness (QED) is 0.748. The fourth-order valence-electron chi connectivity index (χ4n) is 1.05. The molecule has 0 aliphatic carbocycles. The highest BCUT2D eigenvalue weighted by Crippen LogP contribution is 2.14. The Balaban J connectivity index is 2.94. The van der Waals surface area contributed by atoms with Gasteiger partial charge in [0, 0.05) is 0 Å². The molecule has 0 saturated heterocycles. The molecule has 1 aromatic carbocycles. The van der Waals surface area contributed by atoms with Crippen LogP contribution >= 0.6 is 0 Å². The largest absolute Gasteiger partial charge is 0.467 e. The van der Waals surface area contributed by atoms with Gasteiger partial charge in [-0.3, -0.25) is 0 Å². The SMILES string of the molecule is CCOC(=O)N(C([O])=O)c1ccccc1. The molecule has 0 spiro atoms. The highest BCUT2D eigenvalue weighted by Gasteiger charge is 2.25. The maximum atomic E-state index is 11.3. The lowest BCUT2D eigenvalue weighted by Crippen LogP contribution is -2.35. The molecule has 0 unspecified atom stereocenters. The average Bonchev–Trinajstić information content (AvgIpc) is 2.19. The van der Waals surface area contributed by atoms with E-state index in [1.54, 1.807) is 25.1 Å². The number of para-hydroxylation sites is 1. The van der Waals surface area contributed by atoms with E-state index in [2.05, 4.69) is 4.74 Å². The minimum atomic E-state index is -1.61. The number of ether oxygens (including phenoxy) is 1. The molecule has 0 aliphatic heterocycles. The second-order valence-electron chi connectivity index (χ2n) is 2.64. The molecule has 5 nitrogen and oxygen atoms in total. The van der Waals surface area contributed by atoms with Gasteiger partial charge in [0.05, 0.1) is 12.3 Å². The van der Waals surface area contributed by atoms with Crippen LogP contribution in [0.4, 0.5) is 15.3 Å².